The third kappa shape index (κ3) is 4.09. The molecule has 0 fully saturated rings. The Morgan fingerprint density at radius 2 is 1.81 bits per heavy atom. The van der Waals surface area contributed by atoms with Gasteiger partial charge < -0.3 is 9.47 Å². The van der Waals surface area contributed by atoms with Gasteiger partial charge in [0.1, 0.15) is 19.0 Å². The van der Waals surface area contributed by atoms with Crippen molar-refractivity contribution in [2.45, 2.75) is 12.8 Å². The number of pyridine rings is 1. The Labute approximate surface area is 184 Å². The molecule has 1 aliphatic rings. The third-order valence-electron chi connectivity index (χ3n) is 5.33. The van der Waals surface area contributed by atoms with Gasteiger partial charge in [0.2, 0.25) is 0 Å². The van der Waals surface area contributed by atoms with Crippen molar-refractivity contribution < 1.29 is 14.3 Å². The minimum Gasteiger partial charge on any atom is -0.490 e. The molecule has 0 saturated carbocycles. The van der Waals surface area contributed by atoms with Crippen LogP contribution in [0.5, 0.6) is 5.75 Å². The van der Waals surface area contributed by atoms with Gasteiger partial charge in [0.25, 0.3) is 0 Å². The van der Waals surface area contributed by atoms with Crippen LogP contribution in [0.15, 0.2) is 72.1 Å². The molecule has 0 spiro atoms. The Hall–Kier alpha value is -3.44. The molecule has 2 aromatic carbocycles. The molecule has 2 heterocycles. The normalized spacial score (nSPS) is 14.0. The van der Waals surface area contributed by atoms with E-state index in [4.69, 9.17) is 14.5 Å². The van der Waals surface area contributed by atoms with Crippen molar-refractivity contribution in [3.63, 3.8) is 0 Å². The fraction of sp³-hybridized carbons (Fsp3) is 0.154. The second-order valence-electron chi connectivity index (χ2n) is 7.31. The number of carbonyl (C=O) groups excluding carboxylic acids is 1. The van der Waals surface area contributed by atoms with E-state index in [1.807, 2.05) is 60.7 Å². The molecule has 0 radical (unpaired) electrons. The van der Waals surface area contributed by atoms with E-state index in [9.17, 15) is 4.79 Å². The summed E-state index contributed by atoms with van der Waals surface area (Å²) in [6.07, 6.45) is 3.84. The maximum absolute atomic E-state index is 13.1. The summed E-state index contributed by atoms with van der Waals surface area (Å²) < 4.78 is 11.3. The van der Waals surface area contributed by atoms with Crippen LogP contribution < -0.4 is 4.74 Å². The van der Waals surface area contributed by atoms with Crippen LogP contribution in [0.25, 0.3) is 22.6 Å². The van der Waals surface area contributed by atoms with Crippen LogP contribution in [0, 0.1) is 0 Å². The van der Waals surface area contributed by atoms with Crippen LogP contribution in [0.3, 0.4) is 0 Å². The molecule has 0 amide bonds. The van der Waals surface area contributed by atoms with E-state index in [1.165, 1.54) is 10.5 Å². The summed E-state index contributed by atoms with van der Waals surface area (Å²) in [7, 11) is 0. The first kappa shape index (κ1) is 19.5. The molecule has 5 rings (SSSR count). The largest absolute Gasteiger partial charge is 0.490 e. The van der Waals surface area contributed by atoms with E-state index in [-0.39, 0.29) is 12.6 Å². The number of ether oxygens (including phenoxy) is 2. The van der Waals surface area contributed by atoms with Gasteiger partial charge in [0.15, 0.2) is 0 Å². The molecular weight excluding hydrogens is 406 g/mol. The highest BCUT2D eigenvalue weighted by Gasteiger charge is 2.27. The summed E-state index contributed by atoms with van der Waals surface area (Å²) in [4.78, 5) is 19.2. The summed E-state index contributed by atoms with van der Waals surface area (Å²) >= 11 is 1.70. The lowest BCUT2D eigenvalue weighted by atomic mass is 10.0. The highest BCUT2D eigenvalue weighted by Crippen LogP contribution is 2.38. The molecule has 5 heteroatoms. The number of fused-ring (bicyclic) bond motifs is 2. The van der Waals surface area contributed by atoms with Crippen molar-refractivity contribution in [3.8, 4) is 5.75 Å². The van der Waals surface area contributed by atoms with Crippen molar-refractivity contribution in [3.05, 3.63) is 93.8 Å². The maximum atomic E-state index is 13.1. The second-order valence-corrected chi connectivity index (χ2v) is 8.29. The zero-order valence-corrected chi connectivity index (χ0v) is 17.7. The molecule has 1 aliphatic carbocycles. The average Bonchev–Trinajstić information content (AvgIpc) is 3.46. The van der Waals surface area contributed by atoms with Gasteiger partial charge >= 0.3 is 5.97 Å². The van der Waals surface area contributed by atoms with Gasteiger partial charge in [0.05, 0.1) is 16.8 Å². The molecule has 0 unspecified atom stereocenters. The zero-order chi connectivity index (χ0) is 21.0. The topological polar surface area (TPSA) is 48.4 Å². The number of hydrogen-bond acceptors (Lipinski definition) is 5. The number of allylic oxidation sites excluding steroid dienone is 1. The van der Waals surface area contributed by atoms with Crippen LogP contribution in [0.2, 0.25) is 0 Å². The van der Waals surface area contributed by atoms with Crippen molar-refractivity contribution in [2.24, 2.45) is 0 Å². The van der Waals surface area contributed by atoms with Crippen LogP contribution in [0.4, 0.5) is 0 Å². The van der Waals surface area contributed by atoms with E-state index < -0.39 is 0 Å². The number of esters is 1. The number of aromatic nitrogens is 1. The number of hydrogen-bond donors (Lipinski definition) is 0. The lowest BCUT2D eigenvalue weighted by Crippen LogP contribution is -2.15. The van der Waals surface area contributed by atoms with E-state index in [1.54, 1.807) is 11.3 Å². The first-order valence-electron chi connectivity index (χ1n) is 10.3. The first-order valence-corrected chi connectivity index (χ1v) is 11.2. The zero-order valence-electron chi connectivity index (χ0n) is 16.9. The fourth-order valence-corrected chi connectivity index (χ4v) is 4.62. The predicted octanol–water partition coefficient (Wildman–Crippen LogP) is 6.02. The monoisotopic (exact) mass is 427 g/mol. The molecule has 0 bridgehead atoms. The van der Waals surface area contributed by atoms with Gasteiger partial charge in [-0.05, 0) is 59.7 Å². The van der Waals surface area contributed by atoms with Crippen molar-refractivity contribution in [1.29, 1.82) is 0 Å². The van der Waals surface area contributed by atoms with Gasteiger partial charge in [0, 0.05) is 10.3 Å². The van der Waals surface area contributed by atoms with Crippen LogP contribution in [-0.2, 0) is 11.2 Å². The molecule has 4 aromatic rings. The minimum atomic E-state index is -0.316. The van der Waals surface area contributed by atoms with Gasteiger partial charge in [-0.15, -0.1) is 11.3 Å². The Morgan fingerprint density at radius 1 is 0.968 bits per heavy atom. The fourth-order valence-electron chi connectivity index (χ4n) is 3.94. The smallest absolute Gasteiger partial charge is 0.339 e. The first-order chi connectivity index (χ1) is 15.3. The van der Waals surface area contributed by atoms with Gasteiger partial charge in [-0.2, -0.15) is 0 Å². The van der Waals surface area contributed by atoms with E-state index in [0.717, 1.165) is 40.8 Å². The number of rotatable bonds is 6. The third-order valence-corrected chi connectivity index (χ3v) is 6.15. The van der Waals surface area contributed by atoms with Crippen molar-refractivity contribution in [2.75, 3.05) is 13.2 Å². The molecule has 154 valence electrons. The molecule has 4 nitrogen and oxygen atoms in total. The Kier molecular flexibility index (Phi) is 5.50. The minimum absolute atomic E-state index is 0.192. The summed E-state index contributed by atoms with van der Waals surface area (Å²) in [6, 6.07) is 21.4. The quantitative estimate of drug-likeness (QED) is 0.279. The van der Waals surface area contributed by atoms with E-state index >= 15 is 0 Å². The van der Waals surface area contributed by atoms with Crippen molar-refractivity contribution in [1.82, 2.24) is 4.98 Å². The Bertz CT molecular complexity index is 1250. The predicted molar refractivity (Wildman–Crippen MR) is 124 cm³/mol. The van der Waals surface area contributed by atoms with E-state index in [0.29, 0.717) is 12.2 Å². The molecule has 0 atom stereocenters. The van der Waals surface area contributed by atoms with Crippen molar-refractivity contribution >= 4 is 39.9 Å². The van der Waals surface area contributed by atoms with Gasteiger partial charge in [-0.3, -0.25) is 0 Å². The number of thiophene rings is 1. The average molecular weight is 428 g/mol. The molecule has 2 aromatic heterocycles. The van der Waals surface area contributed by atoms with E-state index in [2.05, 4.69) is 17.5 Å². The molecule has 0 saturated heterocycles. The number of para-hydroxylation sites is 2. The lowest BCUT2D eigenvalue weighted by Gasteiger charge is -2.13. The molecule has 31 heavy (non-hydrogen) atoms. The van der Waals surface area contributed by atoms with Crippen LogP contribution in [0.1, 0.15) is 32.9 Å². The number of benzene rings is 2. The Balaban J connectivity index is 1.42. The highest BCUT2D eigenvalue weighted by atomic mass is 32.1. The van der Waals surface area contributed by atoms with Crippen LogP contribution >= 0.6 is 11.3 Å². The summed E-state index contributed by atoms with van der Waals surface area (Å²) in [5, 5.41) is 2.91. The lowest BCUT2D eigenvalue weighted by molar-refractivity contribution is 0.0451. The number of carbonyl (C=O) groups is 1. The highest BCUT2D eigenvalue weighted by molar-refractivity contribution is 7.10. The van der Waals surface area contributed by atoms with Crippen LogP contribution in [-0.4, -0.2) is 24.2 Å². The molecule has 0 N–H and O–H groups in total. The van der Waals surface area contributed by atoms with Gasteiger partial charge in [-0.1, -0.05) is 42.5 Å². The maximum Gasteiger partial charge on any atom is 0.339 e. The summed E-state index contributed by atoms with van der Waals surface area (Å²) in [5.41, 5.74) is 4.52. The SMILES string of the molecule is O=C(OCCOc1ccccc1)c1c2c(nc3ccccc13)C(=Cc1cccs1)CC2. The Morgan fingerprint density at radius 3 is 2.65 bits per heavy atom. The second kappa shape index (κ2) is 8.74. The summed E-state index contributed by atoms with van der Waals surface area (Å²) in [6.45, 7) is 0.502. The molecular formula is C26H21NO3S. The van der Waals surface area contributed by atoms with Gasteiger partial charge in [-0.25, -0.2) is 9.78 Å². The number of nitrogens with zero attached hydrogens (tertiary/aromatic N) is 1. The summed E-state index contributed by atoms with van der Waals surface area (Å²) in [5.74, 6) is 0.445. The standard InChI is InChI=1S/C26H21NO3S/c28-26(30-15-14-29-19-7-2-1-3-8-19)24-21-10-4-5-11-23(21)27-25-18(12-13-22(24)25)17-20-9-6-16-31-20/h1-11,16-17H,12-15H2. The molecule has 0 aliphatic heterocycles.